The number of aryl methyl sites for hydroxylation is 3. The van der Waals surface area contributed by atoms with Gasteiger partial charge in [-0.1, -0.05) is 6.07 Å². The van der Waals surface area contributed by atoms with E-state index >= 15 is 0 Å². The summed E-state index contributed by atoms with van der Waals surface area (Å²) in [4.78, 5) is 15.7. The molecule has 0 aliphatic heterocycles. The standard InChI is InChI=1S/C14H18N4O/c1-11-10-12(2)18(17-11)9-5-8-16-14(19)13-6-3-4-7-15-13/h3-4,6-7,10H,5,8-9H2,1-2H3,(H,16,19). The zero-order valence-corrected chi connectivity index (χ0v) is 11.3. The quantitative estimate of drug-likeness (QED) is 0.831. The van der Waals surface area contributed by atoms with Gasteiger partial charge in [-0.2, -0.15) is 5.10 Å². The van der Waals surface area contributed by atoms with Gasteiger partial charge in [0.05, 0.1) is 5.69 Å². The molecule has 2 rings (SSSR count). The molecule has 0 saturated heterocycles. The van der Waals surface area contributed by atoms with E-state index in [9.17, 15) is 4.79 Å². The lowest BCUT2D eigenvalue weighted by Crippen LogP contribution is -2.26. The maximum Gasteiger partial charge on any atom is 0.269 e. The van der Waals surface area contributed by atoms with Crippen molar-refractivity contribution in [1.82, 2.24) is 20.1 Å². The molecule has 0 bridgehead atoms. The third-order valence-corrected chi connectivity index (χ3v) is 2.83. The second-order valence-corrected chi connectivity index (χ2v) is 4.47. The van der Waals surface area contributed by atoms with Crippen molar-refractivity contribution >= 4 is 5.91 Å². The van der Waals surface area contributed by atoms with Gasteiger partial charge >= 0.3 is 0 Å². The first-order valence-corrected chi connectivity index (χ1v) is 6.37. The molecular weight excluding hydrogens is 240 g/mol. The van der Waals surface area contributed by atoms with Gasteiger partial charge in [0, 0.05) is 25.0 Å². The van der Waals surface area contributed by atoms with E-state index in [1.54, 1.807) is 24.4 Å². The maximum absolute atomic E-state index is 11.7. The highest BCUT2D eigenvalue weighted by molar-refractivity contribution is 5.92. The highest BCUT2D eigenvalue weighted by Gasteiger charge is 2.05. The van der Waals surface area contributed by atoms with Crippen molar-refractivity contribution < 1.29 is 4.79 Å². The molecule has 0 spiro atoms. The van der Waals surface area contributed by atoms with Crippen LogP contribution in [0.2, 0.25) is 0 Å². The average molecular weight is 258 g/mol. The fraction of sp³-hybridized carbons (Fsp3) is 0.357. The number of carbonyl (C=O) groups is 1. The summed E-state index contributed by atoms with van der Waals surface area (Å²) in [5.74, 6) is -0.131. The number of carbonyl (C=O) groups excluding carboxylic acids is 1. The molecule has 1 amide bonds. The Bertz CT molecular complexity index is 548. The molecule has 0 aromatic carbocycles. The molecule has 5 nitrogen and oxygen atoms in total. The molecule has 1 N–H and O–H groups in total. The molecule has 100 valence electrons. The van der Waals surface area contributed by atoms with Crippen molar-refractivity contribution in [2.24, 2.45) is 0 Å². The van der Waals surface area contributed by atoms with Crippen LogP contribution >= 0.6 is 0 Å². The summed E-state index contributed by atoms with van der Waals surface area (Å²) in [5, 5.41) is 7.23. The van der Waals surface area contributed by atoms with E-state index in [-0.39, 0.29) is 5.91 Å². The molecule has 0 aliphatic rings. The first kappa shape index (κ1) is 13.3. The van der Waals surface area contributed by atoms with E-state index in [0.29, 0.717) is 12.2 Å². The number of hydrogen-bond donors (Lipinski definition) is 1. The van der Waals surface area contributed by atoms with Gasteiger partial charge in [-0.05, 0) is 38.5 Å². The number of aromatic nitrogens is 3. The van der Waals surface area contributed by atoms with Crippen molar-refractivity contribution in [1.29, 1.82) is 0 Å². The van der Waals surface area contributed by atoms with Crippen molar-refractivity contribution in [2.75, 3.05) is 6.54 Å². The van der Waals surface area contributed by atoms with E-state index < -0.39 is 0 Å². The van der Waals surface area contributed by atoms with Crippen LogP contribution in [0.4, 0.5) is 0 Å². The van der Waals surface area contributed by atoms with Gasteiger partial charge in [0.25, 0.3) is 5.91 Å². The maximum atomic E-state index is 11.7. The summed E-state index contributed by atoms with van der Waals surface area (Å²) >= 11 is 0. The van der Waals surface area contributed by atoms with Gasteiger partial charge in [0.15, 0.2) is 0 Å². The zero-order chi connectivity index (χ0) is 13.7. The van der Waals surface area contributed by atoms with Crippen LogP contribution in [0.5, 0.6) is 0 Å². The second kappa shape index (κ2) is 6.13. The lowest BCUT2D eigenvalue weighted by molar-refractivity contribution is 0.0947. The predicted octanol–water partition coefficient (Wildman–Crippen LogP) is 1.72. The summed E-state index contributed by atoms with van der Waals surface area (Å²) < 4.78 is 1.96. The molecule has 0 unspecified atom stereocenters. The normalized spacial score (nSPS) is 10.4. The topological polar surface area (TPSA) is 59.8 Å². The number of rotatable bonds is 5. The summed E-state index contributed by atoms with van der Waals surface area (Å²) in [6.45, 7) is 5.44. The second-order valence-electron chi connectivity index (χ2n) is 4.47. The third kappa shape index (κ3) is 3.64. The molecule has 0 atom stereocenters. The van der Waals surface area contributed by atoms with E-state index in [4.69, 9.17) is 0 Å². The smallest absolute Gasteiger partial charge is 0.269 e. The average Bonchev–Trinajstić information content (AvgIpc) is 2.74. The highest BCUT2D eigenvalue weighted by atomic mass is 16.1. The number of pyridine rings is 1. The number of nitrogens with zero attached hydrogens (tertiary/aromatic N) is 3. The van der Waals surface area contributed by atoms with E-state index in [0.717, 1.165) is 24.4 Å². The lowest BCUT2D eigenvalue weighted by atomic mass is 10.3. The Morgan fingerprint density at radius 2 is 2.21 bits per heavy atom. The van der Waals surface area contributed by atoms with Crippen molar-refractivity contribution in [3.8, 4) is 0 Å². The monoisotopic (exact) mass is 258 g/mol. The van der Waals surface area contributed by atoms with Gasteiger partial charge in [-0.25, -0.2) is 0 Å². The number of amides is 1. The largest absolute Gasteiger partial charge is 0.351 e. The highest BCUT2D eigenvalue weighted by Crippen LogP contribution is 2.02. The van der Waals surface area contributed by atoms with Crippen LogP contribution in [0.15, 0.2) is 30.5 Å². The first-order chi connectivity index (χ1) is 9.16. The first-order valence-electron chi connectivity index (χ1n) is 6.37. The molecule has 0 fully saturated rings. The number of hydrogen-bond acceptors (Lipinski definition) is 3. The Kier molecular flexibility index (Phi) is 4.28. The van der Waals surface area contributed by atoms with Crippen molar-refractivity contribution in [3.05, 3.63) is 47.5 Å². The van der Waals surface area contributed by atoms with Crippen LogP contribution in [0.25, 0.3) is 0 Å². The molecule has 2 aromatic heterocycles. The molecule has 2 heterocycles. The molecule has 5 heteroatoms. The van der Waals surface area contributed by atoms with Crippen molar-refractivity contribution in [2.45, 2.75) is 26.8 Å². The Balaban J connectivity index is 1.75. The predicted molar refractivity (Wildman–Crippen MR) is 72.9 cm³/mol. The van der Waals surface area contributed by atoms with Gasteiger partial charge < -0.3 is 5.32 Å². The van der Waals surface area contributed by atoms with Gasteiger partial charge in [0.1, 0.15) is 5.69 Å². The minimum absolute atomic E-state index is 0.131. The van der Waals surface area contributed by atoms with E-state index in [2.05, 4.69) is 15.4 Å². The zero-order valence-electron chi connectivity index (χ0n) is 11.3. The molecule has 0 saturated carbocycles. The van der Waals surface area contributed by atoms with E-state index in [1.165, 1.54) is 0 Å². The number of nitrogens with one attached hydrogen (secondary N) is 1. The van der Waals surface area contributed by atoms with Crippen LogP contribution < -0.4 is 5.32 Å². The Hall–Kier alpha value is -2.17. The summed E-state index contributed by atoms with van der Waals surface area (Å²) in [6.07, 6.45) is 2.46. The van der Waals surface area contributed by atoms with E-state index in [1.807, 2.05) is 24.6 Å². The van der Waals surface area contributed by atoms with Gasteiger partial charge in [-0.15, -0.1) is 0 Å². The minimum Gasteiger partial charge on any atom is -0.351 e. The Morgan fingerprint density at radius 3 is 2.84 bits per heavy atom. The van der Waals surface area contributed by atoms with Crippen LogP contribution in [-0.4, -0.2) is 27.2 Å². The lowest BCUT2D eigenvalue weighted by Gasteiger charge is -2.06. The van der Waals surface area contributed by atoms with Gasteiger partial charge in [0.2, 0.25) is 0 Å². The minimum atomic E-state index is -0.131. The van der Waals surface area contributed by atoms with Crippen LogP contribution in [0.3, 0.4) is 0 Å². The van der Waals surface area contributed by atoms with Crippen LogP contribution in [0.1, 0.15) is 28.3 Å². The van der Waals surface area contributed by atoms with Gasteiger partial charge in [-0.3, -0.25) is 14.5 Å². The molecule has 0 radical (unpaired) electrons. The summed E-state index contributed by atoms with van der Waals surface area (Å²) in [5.41, 5.74) is 2.62. The van der Waals surface area contributed by atoms with Crippen LogP contribution in [-0.2, 0) is 6.54 Å². The third-order valence-electron chi connectivity index (χ3n) is 2.83. The summed E-state index contributed by atoms with van der Waals surface area (Å²) in [7, 11) is 0. The van der Waals surface area contributed by atoms with Crippen molar-refractivity contribution in [3.63, 3.8) is 0 Å². The molecule has 0 aliphatic carbocycles. The molecule has 2 aromatic rings. The Morgan fingerprint density at radius 1 is 1.37 bits per heavy atom. The fourth-order valence-electron chi connectivity index (χ4n) is 1.92. The molecule has 19 heavy (non-hydrogen) atoms. The Labute approximate surface area is 112 Å². The molecular formula is C14H18N4O. The SMILES string of the molecule is Cc1cc(C)n(CCCNC(=O)c2ccccn2)n1. The summed E-state index contributed by atoms with van der Waals surface area (Å²) in [6, 6.07) is 7.35. The fourth-order valence-corrected chi connectivity index (χ4v) is 1.92. The van der Waals surface area contributed by atoms with Crippen LogP contribution in [0, 0.1) is 13.8 Å².